The van der Waals surface area contributed by atoms with E-state index in [0.717, 1.165) is 64.4 Å². The highest BCUT2D eigenvalue weighted by atomic mass is 16.5. The normalized spacial score (nSPS) is 19.3. The summed E-state index contributed by atoms with van der Waals surface area (Å²) >= 11 is 0. The molecule has 37 heavy (non-hydrogen) atoms. The van der Waals surface area contributed by atoms with Crippen LogP contribution in [0.15, 0.2) is 36.4 Å². The maximum atomic E-state index is 11.9. The lowest BCUT2D eigenvalue weighted by Gasteiger charge is -2.29. The third-order valence-electron chi connectivity index (χ3n) is 8.71. The lowest BCUT2D eigenvalue weighted by Crippen LogP contribution is -2.37. The molecule has 3 heterocycles. The van der Waals surface area contributed by atoms with Crippen LogP contribution in [0, 0.1) is 6.92 Å². The van der Waals surface area contributed by atoms with Crippen LogP contribution < -0.4 is 4.90 Å². The lowest BCUT2D eigenvalue weighted by atomic mass is 9.81. The van der Waals surface area contributed by atoms with Gasteiger partial charge in [-0.2, -0.15) is 0 Å². The molecule has 1 N–H and O–H groups in total. The molecule has 3 aromatic rings. The van der Waals surface area contributed by atoms with Gasteiger partial charge in [0.05, 0.1) is 17.9 Å². The number of nitrogens with zero attached hydrogens (tertiary/aromatic N) is 3. The number of benzene rings is 2. The van der Waals surface area contributed by atoms with Crippen molar-refractivity contribution < 1.29 is 14.6 Å². The highest BCUT2D eigenvalue weighted by Crippen LogP contribution is 2.47. The Morgan fingerprint density at radius 3 is 2.65 bits per heavy atom. The first-order valence-electron chi connectivity index (χ1n) is 14.2. The van der Waals surface area contributed by atoms with Crippen LogP contribution >= 0.6 is 0 Å². The van der Waals surface area contributed by atoms with Crippen molar-refractivity contribution in [2.24, 2.45) is 0 Å². The van der Waals surface area contributed by atoms with E-state index in [0.29, 0.717) is 11.5 Å². The highest BCUT2D eigenvalue weighted by molar-refractivity contribution is 5.99. The molecule has 2 fully saturated rings. The van der Waals surface area contributed by atoms with Gasteiger partial charge in [0.1, 0.15) is 0 Å². The van der Waals surface area contributed by atoms with Crippen molar-refractivity contribution in [2.75, 3.05) is 50.8 Å². The summed E-state index contributed by atoms with van der Waals surface area (Å²) in [6.07, 6.45) is 7.40. The minimum atomic E-state index is -0.857. The van der Waals surface area contributed by atoms with E-state index in [1.807, 2.05) is 6.07 Å². The molecule has 3 aliphatic rings. The van der Waals surface area contributed by atoms with Gasteiger partial charge in [-0.3, -0.25) is 4.90 Å². The molecule has 6 heteroatoms. The number of hydrogen-bond donors (Lipinski definition) is 1. The zero-order chi connectivity index (χ0) is 25.4. The maximum absolute atomic E-state index is 11.9. The fourth-order valence-electron chi connectivity index (χ4n) is 6.80. The van der Waals surface area contributed by atoms with Crippen molar-refractivity contribution in [2.45, 2.75) is 57.9 Å². The average molecular weight is 502 g/mol. The third kappa shape index (κ3) is 4.77. The number of aryl methyl sites for hydroxylation is 1. The summed E-state index contributed by atoms with van der Waals surface area (Å²) in [7, 11) is 0. The molecule has 0 radical (unpaired) electrons. The van der Waals surface area contributed by atoms with Gasteiger partial charge in [0, 0.05) is 68.0 Å². The van der Waals surface area contributed by atoms with Crippen LogP contribution in [0.2, 0.25) is 0 Å². The number of carbonyl (C=O) groups is 1. The predicted molar refractivity (Wildman–Crippen MR) is 149 cm³/mol. The van der Waals surface area contributed by atoms with Crippen LogP contribution in [0.25, 0.3) is 22.2 Å². The molecule has 1 saturated heterocycles. The molecule has 6 nitrogen and oxygen atoms in total. The Kier molecular flexibility index (Phi) is 6.96. The molecular weight excluding hydrogens is 462 g/mol. The van der Waals surface area contributed by atoms with Gasteiger partial charge in [0.25, 0.3) is 0 Å². The Bertz CT molecular complexity index is 1280. The van der Waals surface area contributed by atoms with Gasteiger partial charge in [-0.05, 0) is 61.4 Å². The second kappa shape index (κ2) is 10.5. The molecule has 1 aliphatic carbocycles. The van der Waals surface area contributed by atoms with E-state index in [9.17, 15) is 9.90 Å². The summed E-state index contributed by atoms with van der Waals surface area (Å²) in [6.45, 7) is 9.77. The lowest BCUT2D eigenvalue weighted by molar-refractivity contribution is 0.0697. The molecule has 2 aliphatic heterocycles. The fourth-order valence-corrected chi connectivity index (χ4v) is 6.80. The summed E-state index contributed by atoms with van der Waals surface area (Å²) < 4.78 is 8.12. The van der Waals surface area contributed by atoms with Gasteiger partial charge in [-0.15, -0.1) is 0 Å². The minimum Gasteiger partial charge on any atom is -0.478 e. The van der Waals surface area contributed by atoms with Crippen LogP contribution in [-0.2, 0) is 11.3 Å². The second-order valence-corrected chi connectivity index (χ2v) is 11.1. The van der Waals surface area contributed by atoms with Crippen molar-refractivity contribution in [3.8, 4) is 11.3 Å². The van der Waals surface area contributed by atoms with Crippen molar-refractivity contribution in [1.29, 1.82) is 0 Å². The number of anilines is 1. The fraction of sp³-hybridized carbons (Fsp3) is 0.516. The zero-order valence-corrected chi connectivity index (χ0v) is 22.0. The number of carboxylic acid groups (broad SMARTS) is 1. The molecule has 1 saturated carbocycles. The van der Waals surface area contributed by atoms with Gasteiger partial charge in [0.2, 0.25) is 0 Å². The third-order valence-corrected chi connectivity index (χ3v) is 8.71. The Hall–Kier alpha value is -2.83. The highest BCUT2D eigenvalue weighted by Gasteiger charge is 2.30. The second-order valence-electron chi connectivity index (χ2n) is 11.1. The minimum absolute atomic E-state index is 0.372. The monoisotopic (exact) mass is 501 g/mol. The summed E-state index contributed by atoms with van der Waals surface area (Å²) in [5.41, 5.74) is 8.13. The first-order chi connectivity index (χ1) is 18.1. The topological polar surface area (TPSA) is 57.9 Å². The number of hydrogen-bond acceptors (Lipinski definition) is 4. The molecule has 6 rings (SSSR count). The predicted octanol–water partition coefficient (Wildman–Crippen LogP) is 5.90. The van der Waals surface area contributed by atoms with Gasteiger partial charge in [-0.1, -0.05) is 37.5 Å². The molecular formula is C31H39N3O3. The molecule has 0 amide bonds. The van der Waals surface area contributed by atoms with Gasteiger partial charge in [-0.25, -0.2) is 4.79 Å². The Balaban J connectivity index is 1.46. The van der Waals surface area contributed by atoms with Crippen LogP contribution in [0.1, 0.15) is 65.9 Å². The molecule has 0 atom stereocenters. The van der Waals surface area contributed by atoms with Gasteiger partial charge < -0.3 is 19.3 Å². The first kappa shape index (κ1) is 24.5. The number of ether oxygens (including phenoxy) is 1. The SMILES string of the molecule is Cc1ccc2c(c1)N(CCN1CCCOCC1)CCn1c-2c(C2CCCCC2)c2ccc(C(=O)O)cc21. The summed E-state index contributed by atoms with van der Waals surface area (Å²) in [6, 6.07) is 12.7. The molecule has 0 unspecified atom stereocenters. The molecule has 196 valence electrons. The Morgan fingerprint density at radius 1 is 0.946 bits per heavy atom. The van der Waals surface area contributed by atoms with E-state index in [2.05, 4.69) is 45.6 Å². The largest absolute Gasteiger partial charge is 0.478 e. The van der Waals surface area contributed by atoms with E-state index in [1.54, 1.807) is 6.07 Å². The van der Waals surface area contributed by atoms with Crippen molar-refractivity contribution >= 4 is 22.6 Å². The van der Waals surface area contributed by atoms with E-state index in [1.165, 1.54) is 65.6 Å². The van der Waals surface area contributed by atoms with E-state index in [-0.39, 0.29) is 0 Å². The number of fused-ring (bicyclic) bond motifs is 5. The summed E-state index contributed by atoms with van der Waals surface area (Å²) in [4.78, 5) is 17.0. The van der Waals surface area contributed by atoms with Gasteiger partial charge >= 0.3 is 5.97 Å². The van der Waals surface area contributed by atoms with E-state index in [4.69, 9.17) is 4.74 Å². The Morgan fingerprint density at radius 2 is 1.81 bits per heavy atom. The van der Waals surface area contributed by atoms with Crippen LogP contribution in [-0.4, -0.2) is 66.5 Å². The maximum Gasteiger partial charge on any atom is 0.335 e. The first-order valence-corrected chi connectivity index (χ1v) is 14.2. The number of aromatic carboxylic acids is 1. The molecule has 0 bridgehead atoms. The van der Waals surface area contributed by atoms with E-state index < -0.39 is 5.97 Å². The number of rotatable bonds is 5. The Labute approximate surface area is 219 Å². The van der Waals surface area contributed by atoms with Crippen LogP contribution in [0.5, 0.6) is 0 Å². The average Bonchev–Trinajstić information content (AvgIpc) is 3.05. The van der Waals surface area contributed by atoms with Crippen molar-refractivity contribution in [3.63, 3.8) is 0 Å². The number of carboxylic acids is 1. The molecule has 0 spiro atoms. The summed E-state index contributed by atoms with van der Waals surface area (Å²) in [5.74, 6) is -0.328. The quantitative estimate of drug-likeness (QED) is 0.471. The van der Waals surface area contributed by atoms with E-state index >= 15 is 0 Å². The molecule has 2 aromatic carbocycles. The van der Waals surface area contributed by atoms with Crippen LogP contribution in [0.3, 0.4) is 0 Å². The standard InChI is InChI=1S/C31H39N3O3/c1-22-8-10-26-27(20-22)33(14-13-32-12-5-18-37-19-17-32)15-16-34-28-21-24(31(35)36)9-11-25(28)29(30(26)34)23-6-3-2-4-7-23/h8-11,20-21,23H,2-7,12-19H2,1H3,(H,35,36). The zero-order valence-electron chi connectivity index (χ0n) is 22.0. The summed E-state index contributed by atoms with van der Waals surface area (Å²) in [5, 5.41) is 11.0. The van der Waals surface area contributed by atoms with Gasteiger partial charge in [0.15, 0.2) is 0 Å². The van der Waals surface area contributed by atoms with Crippen molar-refractivity contribution in [1.82, 2.24) is 9.47 Å². The number of aromatic nitrogens is 1. The molecule has 1 aromatic heterocycles. The van der Waals surface area contributed by atoms with Crippen molar-refractivity contribution in [3.05, 3.63) is 53.1 Å². The smallest absolute Gasteiger partial charge is 0.335 e. The van der Waals surface area contributed by atoms with Crippen LogP contribution in [0.4, 0.5) is 5.69 Å².